The predicted octanol–water partition coefficient (Wildman–Crippen LogP) is 4.67. The van der Waals surface area contributed by atoms with E-state index >= 15 is 0 Å². The number of fused-ring (bicyclic) bond motifs is 1. The van der Waals surface area contributed by atoms with Crippen molar-refractivity contribution in [2.24, 2.45) is 0 Å². The molecular weight excluding hydrogens is 414 g/mol. The van der Waals surface area contributed by atoms with Gasteiger partial charge in [-0.15, -0.1) is 0 Å². The minimum absolute atomic E-state index is 0.283. The number of anilines is 2. The number of nitrogen functional groups attached to an aromatic ring is 1. The zero-order valence-electron chi connectivity index (χ0n) is 18.9. The van der Waals surface area contributed by atoms with Gasteiger partial charge in [-0.3, -0.25) is 0 Å². The van der Waals surface area contributed by atoms with Gasteiger partial charge in [-0.05, 0) is 36.6 Å². The maximum atomic E-state index is 12.6. The normalized spacial score (nSPS) is 16.2. The van der Waals surface area contributed by atoms with Gasteiger partial charge in [0.15, 0.2) is 0 Å². The fourth-order valence-electron chi connectivity index (χ4n) is 4.77. The number of carbonyl (C=O) groups excluding carboxylic acids is 1. The smallest absolute Gasteiger partial charge is 0.410 e. The van der Waals surface area contributed by atoms with E-state index in [4.69, 9.17) is 15.5 Å². The first kappa shape index (κ1) is 21.4. The van der Waals surface area contributed by atoms with E-state index in [9.17, 15) is 4.79 Å². The number of nitrogens with zero attached hydrogens (tertiary/aromatic N) is 4. The molecule has 0 unspecified atom stereocenters. The van der Waals surface area contributed by atoms with Gasteiger partial charge in [-0.2, -0.15) is 0 Å². The molecule has 3 heterocycles. The van der Waals surface area contributed by atoms with Crippen molar-refractivity contribution in [3.63, 3.8) is 0 Å². The van der Waals surface area contributed by atoms with Crippen LogP contribution in [0.25, 0.3) is 11.4 Å². The number of hydrogen-bond acceptors (Lipinski definition) is 5. The van der Waals surface area contributed by atoms with Crippen molar-refractivity contribution in [2.75, 3.05) is 30.3 Å². The van der Waals surface area contributed by atoms with Crippen LogP contribution in [0.4, 0.5) is 16.2 Å². The monoisotopic (exact) mass is 445 g/mol. The van der Waals surface area contributed by atoms with E-state index in [1.165, 1.54) is 25.7 Å². The quantitative estimate of drug-likeness (QED) is 0.591. The first-order chi connectivity index (χ1) is 16.2. The van der Waals surface area contributed by atoms with Gasteiger partial charge in [0.05, 0.1) is 18.4 Å². The summed E-state index contributed by atoms with van der Waals surface area (Å²) in [5.74, 6) is 0.946. The van der Waals surface area contributed by atoms with Crippen molar-refractivity contribution < 1.29 is 9.53 Å². The van der Waals surface area contributed by atoms with Crippen molar-refractivity contribution in [3.8, 4) is 11.4 Å². The van der Waals surface area contributed by atoms with Gasteiger partial charge in [-0.1, -0.05) is 43.2 Å². The molecule has 1 aromatic heterocycles. The first-order valence-corrected chi connectivity index (χ1v) is 11.8. The number of imidazole rings is 1. The number of carbonyl (C=O) groups is 1. The maximum Gasteiger partial charge on any atom is 0.410 e. The molecule has 3 aromatic rings. The molecular formula is C26H31N5O2. The Morgan fingerprint density at radius 2 is 1.76 bits per heavy atom. The minimum atomic E-state index is -0.286. The van der Waals surface area contributed by atoms with Crippen molar-refractivity contribution in [3.05, 3.63) is 66.0 Å². The van der Waals surface area contributed by atoms with Gasteiger partial charge >= 0.3 is 6.09 Å². The highest BCUT2D eigenvalue weighted by Gasteiger charge is 2.26. The number of hydrogen-bond donors (Lipinski definition) is 1. The van der Waals surface area contributed by atoms with Gasteiger partial charge < -0.3 is 24.8 Å². The number of aromatic nitrogens is 2. The standard InChI is InChI=1S/C26H31N5O2/c27-21-10-11-23(24(16-21)29-12-6-1-2-7-13-29)25-28-17-22-18-30(14-15-31(22)25)26(32)33-19-20-8-4-3-5-9-20/h3-5,8-11,16-17H,1-2,6-7,12-15,18-19,27H2. The zero-order chi connectivity index (χ0) is 22.6. The zero-order valence-corrected chi connectivity index (χ0v) is 18.9. The average Bonchev–Trinajstić information content (AvgIpc) is 3.07. The van der Waals surface area contributed by atoms with Crippen LogP contribution in [0.3, 0.4) is 0 Å². The summed E-state index contributed by atoms with van der Waals surface area (Å²) in [6, 6.07) is 15.9. The molecule has 0 saturated carbocycles. The molecule has 1 amide bonds. The van der Waals surface area contributed by atoms with Crippen LogP contribution < -0.4 is 10.6 Å². The summed E-state index contributed by atoms with van der Waals surface area (Å²) in [4.78, 5) is 21.6. The largest absolute Gasteiger partial charge is 0.445 e. The van der Waals surface area contributed by atoms with Crippen LogP contribution in [0.5, 0.6) is 0 Å². The van der Waals surface area contributed by atoms with E-state index in [0.717, 1.165) is 47.1 Å². The molecule has 5 rings (SSSR count). The molecule has 0 bridgehead atoms. The van der Waals surface area contributed by atoms with Crippen molar-refractivity contribution in [1.82, 2.24) is 14.5 Å². The lowest BCUT2D eigenvalue weighted by molar-refractivity contribution is 0.0870. The van der Waals surface area contributed by atoms with Crippen LogP contribution in [-0.2, 0) is 24.4 Å². The molecule has 2 aliphatic heterocycles. The molecule has 7 heteroatoms. The predicted molar refractivity (Wildman–Crippen MR) is 130 cm³/mol. The molecule has 0 atom stereocenters. The second-order valence-electron chi connectivity index (χ2n) is 8.86. The third kappa shape index (κ3) is 4.67. The second kappa shape index (κ2) is 9.57. The molecule has 0 aliphatic carbocycles. The molecule has 1 saturated heterocycles. The molecule has 7 nitrogen and oxygen atoms in total. The lowest BCUT2D eigenvalue weighted by Gasteiger charge is -2.29. The summed E-state index contributed by atoms with van der Waals surface area (Å²) in [7, 11) is 0. The first-order valence-electron chi connectivity index (χ1n) is 11.8. The Morgan fingerprint density at radius 3 is 2.55 bits per heavy atom. The highest BCUT2D eigenvalue weighted by Crippen LogP contribution is 2.35. The molecule has 2 N–H and O–H groups in total. The van der Waals surface area contributed by atoms with Crippen molar-refractivity contribution >= 4 is 17.5 Å². The molecule has 1 fully saturated rings. The maximum absolute atomic E-state index is 12.6. The summed E-state index contributed by atoms with van der Waals surface area (Å²) in [5.41, 5.74) is 11.2. The highest BCUT2D eigenvalue weighted by molar-refractivity contribution is 5.78. The topological polar surface area (TPSA) is 76.6 Å². The summed E-state index contributed by atoms with van der Waals surface area (Å²) >= 11 is 0. The Kier molecular flexibility index (Phi) is 6.19. The summed E-state index contributed by atoms with van der Waals surface area (Å²) in [6.07, 6.45) is 6.56. The van der Waals surface area contributed by atoms with E-state index in [1.807, 2.05) is 42.6 Å². The Bertz CT molecular complexity index is 1100. The molecule has 172 valence electrons. The summed E-state index contributed by atoms with van der Waals surface area (Å²) < 4.78 is 7.76. The van der Waals surface area contributed by atoms with E-state index < -0.39 is 0 Å². The average molecular weight is 446 g/mol. The van der Waals surface area contributed by atoms with Gasteiger partial charge in [0.25, 0.3) is 0 Å². The van der Waals surface area contributed by atoms with Crippen molar-refractivity contribution in [1.29, 1.82) is 0 Å². The Hall–Kier alpha value is -3.48. The highest BCUT2D eigenvalue weighted by atomic mass is 16.6. The third-order valence-electron chi connectivity index (χ3n) is 6.56. The summed E-state index contributed by atoms with van der Waals surface area (Å²) in [5, 5.41) is 0. The van der Waals surface area contributed by atoms with Crippen LogP contribution in [0.2, 0.25) is 0 Å². The Morgan fingerprint density at radius 1 is 0.970 bits per heavy atom. The van der Waals surface area contributed by atoms with Crippen LogP contribution in [0.15, 0.2) is 54.7 Å². The van der Waals surface area contributed by atoms with E-state index in [-0.39, 0.29) is 12.7 Å². The molecule has 2 aromatic carbocycles. The molecule has 2 aliphatic rings. The van der Waals surface area contributed by atoms with Crippen molar-refractivity contribution in [2.45, 2.75) is 45.4 Å². The van der Waals surface area contributed by atoms with Gasteiger partial charge in [0.1, 0.15) is 12.4 Å². The van der Waals surface area contributed by atoms with E-state index in [1.54, 1.807) is 4.90 Å². The SMILES string of the molecule is Nc1ccc(-c2ncc3n2CCN(C(=O)OCc2ccccc2)C3)c(N2CCCCCC2)c1. The van der Waals surface area contributed by atoms with Crippen LogP contribution >= 0.6 is 0 Å². The Balaban J connectivity index is 1.34. The number of ether oxygens (including phenoxy) is 1. The van der Waals surface area contributed by atoms with Gasteiger partial charge in [0.2, 0.25) is 0 Å². The van der Waals surface area contributed by atoms with Gasteiger partial charge in [-0.25, -0.2) is 9.78 Å². The lowest BCUT2D eigenvalue weighted by atomic mass is 10.1. The van der Waals surface area contributed by atoms with Gasteiger partial charge in [0, 0.05) is 43.1 Å². The number of amides is 1. The fraction of sp³-hybridized carbons (Fsp3) is 0.385. The van der Waals surface area contributed by atoms with Crippen LogP contribution in [-0.4, -0.2) is 40.2 Å². The third-order valence-corrected chi connectivity index (χ3v) is 6.56. The van der Waals surface area contributed by atoms with E-state index in [2.05, 4.69) is 21.6 Å². The van der Waals surface area contributed by atoms with Crippen LogP contribution in [0.1, 0.15) is 36.9 Å². The second-order valence-corrected chi connectivity index (χ2v) is 8.86. The van der Waals surface area contributed by atoms with E-state index in [0.29, 0.717) is 19.6 Å². The molecule has 0 spiro atoms. The minimum Gasteiger partial charge on any atom is -0.445 e. The fourth-order valence-corrected chi connectivity index (χ4v) is 4.77. The number of rotatable bonds is 4. The molecule has 0 radical (unpaired) electrons. The molecule has 33 heavy (non-hydrogen) atoms. The van der Waals surface area contributed by atoms with Crippen LogP contribution in [0, 0.1) is 0 Å². The summed E-state index contributed by atoms with van der Waals surface area (Å²) in [6.45, 7) is 4.16. The Labute approximate surface area is 194 Å². The number of benzene rings is 2. The lowest BCUT2D eigenvalue weighted by Crippen LogP contribution is -2.38. The number of nitrogens with two attached hydrogens (primary N) is 1.